The Kier molecular flexibility index (Phi) is 4.07. The minimum atomic E-state index is -0.916. The maximum atomic E-state index is 11.3. The molecule has 1 aliphatic heterocycles. The molecule has 0 aliphatic carbocycles. The first kappa shape index (κ1) is 15.6. The smallest absolute Gasteiger partial charge is 0.335 e. The molecule has 1 aliphatic rings. The largest absolute Gasteiger partial charge is 0.478 e. The highest BCUT2D eigenvalue weighted by Gasteiger charge is 2.18. The topological polar surface area (TPSA) is 62.7 Å². The van der Waals surface area contributed by atoms with Gasteiger partial charge in [-0.05, 0) is 29.8 Å². The van der Waals surface area contributed by atoms with Crippen LogP contribution in [0, 0.1) is 0 Å². The number of carboxylic acids is 1. The number of hydrogen-bond donors (Lipinski definition) is 1. The zero-order chi connectivity index (χ0) is 17.2. The molecule has 2 aromatic carbocycles. The fourth-order valence-electron chi connectivity index (χ4n) is 3.18. The lowest BCUT2D eigenvalue weighted by Gasteiger charge is -2.24. The van der Waals surface area contributed by atoms with E-state index in [2.05, 4.69) is 16.0 Å². The van der Waals surface area contributed by atoms with E-state index >= 15 is 0 Å². The Balaban J connectivity index is 1.69. The second-order valence-corrected chi connectivity index (χ2v) is 6.16. The van der Waals surface area contributed by atoms with Gasteiger partial charge in [0.2, 0.25) is 0 Å². The van der Waals surface area contributed by atoms with Crippen LogP contribution in [0.5, 0.6) is 0 Å². The highest BCUT2D eigenvalue weighted by Crippen LogP contribution is 2.27. The predicted octanol–water partition coefficient (Wildman–Crippen LogP) is 3.47. The van der Waals surface area contributed by atoms with Crippen LogP contribution in [0.3, 0.4) is 0 Å². The Morgan fingerprint density at radius 2 is 2.08 bits per heavy atom. The highest BCUT2D eigenvalue weighted by molar-refractivity contribution is 5.89. The normalized spacial score (nSPS) is 14.2. The van der Waals surface area contributed by atoms with E-state index in [1.807, 2.05) is 36.5 Å². The minimum absolute atomic E-state index is 0.294. The number of anilines is 1. The SMILES string of the molecule is O=C(O)c1ccc2c(c1)N(Cc1cnc3ccccc3c1)CCOC2. The van der Waals surface area contributed by atoms with Gasteiger partial charge >= 0.3 is 5.97 Å². The number of para-hydroxylation sites is 1. The molecule has 0 spiro atoms. The summed E-state index contributed by atoms with van der Waals surface area (Å²) in [7, 11) is 0. The van der Waals surface area contributed by atoms with Crippen LogP contribution in [0.25, 0.3) is 10.9 Å². The third-order valence-electron chi connectivity index (χ3n) is 4.46. The number of benzene rings is 2. The lowest BCUT2D eigenvalue weighted by molar-refractivity contribution is 0.0697. The Labute approximate surface area is 145 Å². The molecule has 0 saturated carbocycles. The molecule has 0 saturated heterocycles. The van der Waals surface area contributed by atoms with E-state index in [-0.39, 0.29) is 0 Å². The highest BCUT2D eigenvalue weighted by atomic mass is 16.5. The first-order valence-electron chi connectivity index (χ1n) is 8.23. The summed E-state index contributed by atoms with van der Waals surface area (Å²) in [6, 6.07) is 15.4. The van der Waals surface area contributed by atoms with Crippen molar-refractivity contribution >= 4 is 22.6 Å². The van der Waals surface area contributed by atoms with Crippen molar-refractivity contribution in [3.63, 3.8) is 0 Å². The molecule has 126 valence electrons. The molecule has 0 fully saturated rings. The predicted molar refractivity (Wildman–Crippen MR) is 95.9 cm³/mol. The number of nitrogens with zero attached hydrogens (tertiary/aromatic N) is 2. The quantitative estimate of drug-likeness (QED) is 0.794. The molecule has 0 amide bonds. The average molecular weight is 334 g/mol. The van der Waals surface area contributed by atoms with Gasteiger partial charge in [-0.2, -0.15) is 0 Å². The summed E-state index contributed by atoms with van der Waals surface area (Å²) in [5, 5.41) is 10.4. The number of hydrogen-bond acceptors (Lipinski definition) is 4. The van der Waals surface area contributed by atoms with Crippen LogP contribution in [0.4, 0.5) is 5.69 Å². The first-order chi connectivity index (χ1) is 12.2. The molecular weight excluding hydrogens is 316 g/mol. The summed E-state index contributed by atoms with van der Waals surface area (Å²) in [5.41, 5.74) is 4.29. The fraction of sp³-hybridized carbons (Fsp3) is 0.200. The van der Waals surface area contributed by atoms with Crippen LogP contribution < -0.4 is 4.90 Å². The van der Waals surface area contributed by atoms with E-state index < -0.39 is 5.97 Å². The lowest BCUT2D eigenvalue weighted by atomic mass is 10.1. The van der Waals surface area contributed by atoms with Crippen LogP contribution in [-0.2, 0) is 17.9 Å². The minimum Gasteiger partial charge on any atom is -0.478 e. The molecule has 0 radical (unpaired) electrons. The van der Waals surface area contributed by atoms with Crippen molar-refractivity contribution in [2.45, 2.75) is 13.2 Å². The number of ether oxygens (including phenoxy) is 1. The van der Waals surface area contributed by atoms with E-state index in [0.29, 0.717) is 31.9 Å². The van der Waals surface area contributed by atoms with E-state index in [9.17, 15) is 9.90 Å². The summed E-state index contributed by atoms with van der Waals surface area (Å²) in [6.45, 7) is 2.49. The number of pyridine rings is 1. The standard InChI is InChI=1S/C20H18N2O3/c23-20(24)16-5-6-17-13-25-8-7-22(19(17)10-16)12-14-9-15-3-1-2-4-18(15)21-11-14/h1-6,9-11H,7-8,12-13H2,(H,23,24). The van der Waals surface area contributed by atoms with Gasteiger partial charge in [-0.15, -0.1) is 0 Å². The molecule has 0 unspecified atom stereocenters. The molecule has 2 heterocycles. The monoisotopic (exact) mass is 334 g/mol. The number of aromatic carboxylic acids is 1. The van der Waals surface area contributed by atoms with E-state index in [0.717, 1.165) is 27.7 Å². The van der Waals surface area contributed by atoms with Crippen molar-refractivity contribution in [2.24, 2.45) is 0 Å². The Morgan fingerprint density at radius 3 is 2.96 bits per heavy atom. The summed E-state index contributed by atoms with van der Waals surface area (Å²) in [6.07, 6.45) is 1.88. The third-order valence-corrected chi connectivity index (χ3v) is 4.46. The van der Waals surface area contributed by atoms with Gasteiger partial charge < -0.3 is 14.7 Å². The Morgan fingerprint density at radius 1 is 1.20 bits per heavy atom. The van der Waals surface area contributed by atoms with Gasteiger partial charge in [-0.3, -0.25) is 4.98 Å². The van der Waals surface area contributed by atoms with Gasteiger partial charge in [0.15, 0.2) is 0 Å². The zero-order valence-corrected chi connectivity index (χ0v) is 13.7. The van der Waals surface area contributed by atoms with Crippen molar-refractivity contribution in [1.82, 2.24) is 4.98 Å². The van der Waals surface area contributed by atoms with Crippen LogP contribution in [-0.4, -0.2) is 29.2 Å². The van der Waals surface area contributed by atoms with Crippen LogP contribution in [0.15, 0.2) is 54.7 Å². The van der Waals surface area contributed by atoms with Gasteiger partial charge in [-0.1, -0.05) is 24.3 Å². The average Bonchev–Trinajstić information content (AvgIpc) is 2.83. The summed E-state index contributed by atoms with van der Waals surface area (Å²) in [4.78, 5) is 18.0. The van der Waals surface area contributed by atoms with Crippen LogP contribution in [0.2, 0.25) is 0 Å². The van der Waals surface area contributed by atoms with Crippen molar-refractivity contribution in [1.29, 1.82) is 0 Å². The number of fused-ring (bicyclic) bond motifs is 2. The third kappa shape index (κ3) is 3.19. The molecule has 1 N–H and O–H groups in total. The van der Waals surface area contributed by atoms with Gasteiger partial charge in [-0.25, -0.2) is 4.79 Å². The van der Waals surface area contributed by atoms with E-state index in [1.165, 1.54) is 0 Å². The van der Waals surface area contributed by atoms with Gasteiger partial charge in [0.1, 0.15) is 0 Å². The van der Waals surface area contributed by atoms with Crippen LogP contribution in [0.1, 0.15) is 21.5 Å². The first-order valence-corrected chi connectivity index (χ1v) is 8.23. The zero-order valence-electron chi connectivity index (χ0n) is 13.7. The molecule has 4 rings (SSSR count). The molecule has 0 atom stereocenters. The van der Waals surface area contributed by atoms with Crippen molar-refractivity contribution < 1.29 is 14.6 Å². The molecule has 1 aromatic heterocycles. The molecular formula is C20H18N2O3. The van der Waals surface area contributed by atoms with Gasteiger partial charge in [0.05, 0.1) is 24.3 Å². The van der Waals surface area contributed by atoms with Crippen molar-refractivity contribution in [3.8, 4) is 0 Å². The summed E-state index contributed by atoms with van der Waals surface area (Å²) in [5.74, 6) is -0.916. The second-order valence-electron chi connectivity index (χ2n) is 6.16. The second kappa shape index (κ2) is 6.53. The van der Waals surface area contributed by atoms with E-state index in [1.54, 1.807) is 12.1 Å². The Bertz CT molecular complexity index is 939. The number of carbonyl (C=O) groups is 1. The molecule has 0 bridgehead atoms. The van der Waals surface area contributed by atoms with E-state index in [4.69, 9.17) is 4.74 Å². The van der Waals surface area contributed by atoms with Crippen molar-refractivity contribution in [3.05, 3.63) is 71.4 Å². The van der Waals surface area contributed by atoms with Gasteiger partial charge in [0, 0.05) is 35.9 Å². The van der Waals surface area contributed by atoms with Gasteiger partial charge in [0.25, 0.3) is 0 Å². The lowest BCUT2D eigenvalue weighted by Crippen LogP contribution is -2.26. The van der Waals surface area contributed by atoms with Crippen molar-refractivity contribution in [2.75, 3.05) is 18.1 Å². The number of aromatic nitrogens is 1. The molecule has 5 heteroatoms. The summed E-state index contributed by atoms with van der Waals surface area (Å²) >= 11 is 0. The molecule has 3 aromatic rings. The number of rotatable bonds is 3. The maximum absolute atomic E-state index is 11.3. The summed E-state index contributed by atoms with van der Waals surface area (Å²) < 4.78 is 5.65. The molecule has 5 nitrogen and oxygen atoms in total. The molecule has 25 heavy (non-hydrogen) atoms. The Hall–Kier alpha value is -2.92. The fourth-order valence-corrected chi connectivity index (χ4v) is 3.18. The number of carboxylic acid groups (broad SMARTS) is 1. The van der Waals surface area contributed by atoms with Crippen LogP contribution >= 0.6 is 0 Å². The maximum Gasteiger partial charge on any atom is 0.335 e.